The lowest BCUT2D eigenvalue weighted by Gasteiger charge is -2.36. The zero-order chi connectivity index (χ0) is 43.2. The van der Waals surface area contributed by atoms with Gasteiger partial charge in [0.2, 0.25) is 28.3 Å². The van der Waals surface area contributed by atoms with Gasteiger partial charge in [-0.25, -0.2) is 32.0 Å². The summed E-state index contributed by atoms with van der Waals surface area (Å²) in [5, 5.41) is 14.4. The Morgan fingerprint density at radius 1 is 1.10 bits per heavy atom. The van der Waals surface area contributed by atoms with Crippen LogP contribution in [0.15, 0.2) is 18.2 Å². The summed E-state index contributed by atoms with van der Waals surface area (Å²) in [6.07, 6.45) is -3.49. The molecule has 4 amide bonds. The van der Waals surface area contributed by atoms with Crippen molar-refractivity contribution in [1.82, 2.24) is 30.2 Å². The summed E-state index contributed by atoms with van der Waals surface area (Å²) in [6.45, 7) is 7.11. The molecule has 2 aromatic rings. The van der Waals surface area contributed by atoms with Crippen molar-refractivity contribution < 1.29 is 54.6 Å². The number of sulfonamides is 1. The number of carbonyl (C=O) groups is 4. The van der Waals surface area contributed by atoms with E-state index in [1.165, 1.54) is 25.1 Å². The fourth-order valence-corrected chi connectivity index (χ4v) is 9.07. The lowest BCUT2D eigenvalue weighted by Crippen LogP contribution is -2.61. The van der Waals surface area contributed by atoms with Gasteiger partial charge in [-0.1, -0.05) is 34.1 Å². The highest BCUT2D eigenvalue weighted by atomic mass is 32.2. The van der Waals surface area contributed by atoms with Gasteiger partial charge in [-0.15, -0.1) is 0 Å². The van der Waals surface area contributed by atoms with Crippen LogP contribution in [0.5, 0.6) is 5.88 Å². The van der Waals surface area contributed by atoms with Crippen molar-refractivity contribution in [3.8, 4) is 11.9 Å². The quantitative estimate of drug-likeness (QED) is 0.159. The molecule has 322 valence electrons. The second kappa shape index (κ2) is 16.3. The number of aromatic nitrogens is 2. The molecule has 3 N–H and O–H groups in total. The topological polar surface area (TPSA) is 210 Å². The smallest absolute Gasteiger partial charge is 0.408 e. The summed E-state index contributed by atoms with van der Waals surface area (Å²) in [5.41, 5.74) is -2.94. The first-order valence-electron chi connectivity index (χ1n) is 19.7. The summed E-state index contributed by atoms with van der Waals surface area (Å²) in [7, 11) is -4.31. The third-order valence-electron chi connectivity index (χ3n) is 12.0. The van der Waals surface area contributed by atoms with Crippen LogP contribution in [-0.2, 0) is 29.1 Å². The van der Waals surface area contributed by atoms with E-state index in [1.807, 2.05) is 10.8 Å². The van der Waals surface area contributed by atoms with E-state index in [9.17, 15) is 46.0 Å². The van der Waals surface area contributed by atoms with E-state index < -0.39 is 124 Å². The predicted molar refractivity (Wildman–Crippen MR) is 202 cm³/mol. The molecule has 1 aromatic heterocycles. The molecule has 1 unspecified atom stereocenters. The van der Waals surface area contributed by atoms with Crippen molar-refractivity contribution in [2.45, 2.75) is 127 Å². The minimum absolute atomic E-state index is 0.0437. The van der Waals surface area contributed by atoms with E-state index >= 15 is 4.39 Å². The number of carbonyl (C=O) groups excluding carboxylic acids is 4. The molecule has 8 atom stereocenters. The number of nitrogens with zero attached hydrogens (tertiary/aromatic N) is 4. The fourth-order valence-electron chi connectivity index (χ4n) is 7.76. The average Bonchev–Trinajstić information content (AvgIpc) is 4.12. The van der Waals surface area contributed by atoms with Gasteiger partial charge in [0, 0.05) is 5.92 Å². The third kappa shape index (κ3) is 9.04. The maximum Gasteiger partial charge on any atom is 0.408 e. The van der Waals surface area contributed by atoms with Crippen LogP contribution in [0.25, 0.3) is 11.0 Å². The van der Waals surface area contributed by atoms with Gasteiger partial charge in [-0.05, 0) is 81.4 Å². The number of alkyl carbamates (subject to hydrolysis) is 1. The number of benzene rings is 1. The summed E-state index contributed by atoms with van der Waals surface area (Å²) >= 11 is 0. The van der Waals surface area contributed by atoms with Gasteiger partial charge in [0.05, 0.1) is 46.6 Å². The predicted octanol–water partition coefficient (Wildman–Crippen LogP) is 4.43. The number of amides is 4. The van der Waals surface area contributed by atoms with Gasteiger partial charge in [0.15, 0.2) is 0 Å². The average molecular weight is 852 g/mol. The Labute approximate surface area is 339 Å². The third-order valence-corrected chi connectivity index (χ3v) is 14.1. The lowest BCUT2D eigenvalue weighted by molar-refractivity contribution is -0.144. The zero-order valence-corrected chi connectivity index (χ0v) is 34.2. The van der Waals surface area contributed by atoms with Crippen molar-refractivity contribution in [2.75, 3.05) is 13.2 Å². The molecule has 0 bridgehead atoms. The first-order valence-corrected chi connectivity index (χ1v) is 21.2. The van der Waals surface area contributed by atoms with Gasteiger partial charge >= 0.3 is 6.09 Å². The molecular weight excluding hydrogens is 803 g/mol. The highest BCUT2D eigenvalue weighted by Gasteiger charge is 2.68. The number of nitrogens with one attached hydrogen (secondary N) is 3. The molecule has 15 nitrogen and oxygen atoms in total. The molecule has 3 aliphatic carbocycles. The Balaban J connectivity index is 1.31. The zero-order valence-electron chi connectivity index (χ0n) is 33.4. The van der Waals surface area contributed by atoms with Crippen molar-refractivity contribution in [1.29, 1.82) is 5.26 Å². The largest absolute Gasteiger partial charge is 0.469 e. The van der Waals surface area contributed by atoms with E-state index in [0.29, 0.717) is 25.7 Å². The molecule has 0 radical (unpaired) electrons. The number of nitriles is 1. The van der Waals surface area contributed by atoms with Gasteiger partial charge in [-0.2, -0.15) is 9.65 Å². The summed E-state index contributed by atoms with van der Waals surface area (Å²) < 4.78 is 94.9. The van der Waals surface area contributed by atoms with Crippen LogP contribution in [0.3, 0.4) is 0 Å². The monoisotopic (exact) mass is 851 g/mol. The number of rotatable bonds is 16. The minimum atomic E-state index is -4.31. The van der Waals surface area contributed by atoms with Crippen LogP contribution in [-0.4, -0.2) is 101 Å². The normalized spacial score (nSPS) is 27.4. The number of unbranched alkanes of at least 4 members (excludes halogenated alkanes) is 1. The van der Waals surface area contributed by atoms with Crippen molar-refractivity contribution >= 4 is 44.9 Å². The van der Waals surface area contributed by atoms with Gasteiger partial charge < -0.3 is 25.0 Å². The number of halogens is 4. The number of hydrogen-bond donors (Lipinski definition) is 3. The van der Waals surface area contributed by atoms with Gasteiger partial charge in [0.25, 0.3) is 17.7 Å². The Morgan fingerprint density at radius 2 is 1.81 bits per heavy atom. The molecule has 1 saturated heterocycles. The van der Waals surface area contributed by atoms with E-state index in [1.54, 1.807) is 27.7 Å². The van der Waals surface area contributed by atoms with Gasteiger partial charge in [0.1, 0.15) is 29.8 Å². The van der Waals surface area contributed by atoms with Crippen molar-refractivity contribution in [3.63, 3.8) is 0 Å². The number of alkyl halides is 3. The molecule has 4 fully saturated rings. The SMILES string of the molecule is CC[C@@H]1[C@@H](Oc2nc3cc(C#N)ccc3nc2F)CN(C(=O)[C@@H](NC(=O)O[C@@H]2CC2CCCCF)C(C)(C)C)[C@@H]1C(=O)N[C@]1(C(=O)NS(=O)(=O)C2(C)CC2)C[C@H]1C(F)F. The maximum absolute atomic E-state index is 15.4. The van der Waals surface area contributed by atoms with E-state index in [0.717, 1.165) is 4.90 Å². The molecule has 4 aliphatic rings. The minimum Gasteiger partial charge on any atom is -0.469 e. The highest BCUT2D eigenvalue weighted by Crippen LogP contribution is 2.50. The fraction of sp³-hybridized carbons (Fsp3) is 0.667. The summed E-state index contributed by atoms with van der Waals surface area (Å²) in [4.78, 5) is 65.2. The summed E-state index contributed by atoms with van der Waals surface area (Å²) in [6, 6.07) is 3.20. The molecule has 2 heterocycles. The van der Waals surface area contributed by atoms with Gasteiger partial charge in [-0.3, -0.25) is 23.5 Å². The summed E-state index contributed by atoms with van der Waals surface area (Å²) in [5.74, 6) is -7.72. The lowest BCUT2D eigenvalue weighted by atomic mass is 9.85. The highest BCUT2D eigenvalue weighted by molar-refractivity contribution is 7.91. The Morgan fingerprint density at radius 3 is 2.41 bits per heavy atom. The van der Waals surface area contributed by atoms with Crippen molar-refractivity contribution in [2.24, 2.45) is 23.2 Å². The number of hydrogen-bond acceptors (Lipinski definition) is 11. The van der Waals surface area contributed by atoms with E-state index in [4.69, 9.17) is 9.47 Å². The molecular formula is C39H49F4N7O8S. The van der Waals surface area contributed by atoms with Crippen LogP contribution in [0.1, 0.15) is 91.5 Å². The first-order chi connectivity index (χ1) is 27.7. The second-order valence-corrected chi connectivity index (χ2v) is 19.6. The maximum atomic E-state index is 15.4. The Kier molecular flexibility index (Phi) is 12.1. The molecule has 6 rings (SSSR count). The molecule has 0 spiro atoms. The second-order valence-electron chi connectivity index (χ2n) is 17.4. The van der Waals surface area contributed by atoms with E-state index in [2.05, 4.69) is 20.6 Å². The van der Waals surface area contributed by atoms with E-state index in [-0.39, 0.29) is 41.8 Å². The molecule has 20 heteroatoms. The van der Waals surface area contributed by atoms with Crippen LogP contribution in [0, 0.1) is 40.4 Å². The molecule has 59 heavy (non-hydrogen) atoms. The molecule has 3 saturated carbocycles. The molecule has 1 aromatic carbocycles. The Hall–Kier alpha value is -4.80. The van der Waals surface area contributed by atoms with Crippen LogP contribution >= 0.6 is 0 Å². The van der Waals surface area contributed by atoms with Crippen LogP contribution in [0.2, 0.25) is 0 Å². The van der Waals surface area contributed by atoms with Crippen LogP contribution in [0.4, 0.5) is 22.4 Å². The Bertz CT molecular complexity index is 2150. The standard InChI is InChI=1S/C39H49F4N7O8S/c1-6-22-27(57-33-31(43)45-24-11-10-20(18-44)15-25(24)46-33)19-50(34(52)29(37(2,3)4)47-36(54)58-26-16-21(26)9-7-8-14-40)28(22)32(51)48-39(17-23(39)30(41)42)35(53)49-59(55,56)38(5)12-13-38/h10-11,15,21-23,26-30H,6-9,12-14,16-17,19H2,1-5H3,(H,47,54)(H,48,51)(H,49,53)/t21?,22-,23+,26-,27+,28+,29-,39-/m1/s1. The van der Waals surface area contributed by atoms with Crippen LogP contribution < -0.4 is 20.1 Å². The number of likely N-dealkylation sites (tertiary alicyclic amines) is 1. The first kappa shape index (κ1) is 43.8. The van der Waals surface area contributed by atoms with Crippen molar-refractivity contribution in [3.05, 3.63) is 29.7 Å². The number of fused-ring (bicyclic) bond motifs is 1. The number of ether oxygens (including phenoxy) is 2. The molecule has 1 aliphatic heterocycles.